The summed E-state index contributed by atoms with van der Waals surface area (Å²) in [5.41, 5.74) is 0. The normalized spacial score (nSPS) is 14.2. The molecule has 12 heteroatoms. The van der Waals surface area contributed by atoms with Crippen molar-refractivity contribution in [2.45, 2.75) is 26.2 Å². The molecule has 0 aromatic rings. The first-order valence-electron chi connectivity index (χ1n) is 9.77. The molecule has 29 heavy (non-hydrogen) atoms. The molecule has 10 nitrogen and oxygen atoms in total. The van der Waals surface area contributed by atoms with Crippen LogP contribution in [0.15, 0.2) is 0 Å². The summed E-state index contributed by atoms with van der Waals surface area (Å²) in [6, 6.07) is 0. The van der Waals surface area contributed by atoms with Gasteiger partial charge in [0, 0.05) is 21.3 Å². The lowest BCUT2D eigenvalue weighted by molar-refractivity contribution is 0.0199. The average molecular weight is 463 g/mol. The molecular weight excluding hydrogens is 424 g/mol. The zero-order chi connectivity index (χ0) is 21.8. The van der Waals surface area contributed by atoms with E-state index in [-0.39, 0.29) is 13.2 Å². The van der Waals surface area contributed by atoms with Gasteiger partial charge in [0.2, 0.25) is 0 Å². The van der Waals surface area contributed by atoms with Crippen molar-refractivity contribution in [3.05, 3.63) is 0 Å². The molecule has 176 valence electrons. The Hall–Kier alpha value is 0.300. The summed E-state index contributed by atoms with van der Waals surface area (Å²) in [7, 11) is 1.27. The third-order valence-electron chi connectivity index (χ3n) is 3.71. The Morgan fingerprint density at radius 1 is 0.897 bits per heavy atom. The van der Waals surface area contributed by atoms with Gasteiger partial charge in [0.25, 0.3) is 0 Å². The minimum absolute atomic E-state index is 0.103. The lowest BCUT2D eigenvalue weighted by atomic mass is 10.1. The zero-order valence-corrected chi connectivity index (χ0v) is 20.2. The van der Waals surface area contributed by atoms with Crippen LogP contribution in [0.4, 0.5) is 0 Å². The molecule has 0 aliphatic heterocycles. The summed E-state index contributed by atoms with van der Waals surface area (Å²) < 4.78 is 53.1. The molecule has 0 heterocycles. The van der Waals surface area contributed by atoms with E-state index in [2.05, 4.69) is 21.3 Å². The van der Waals surface area contributed by atoms with E-state index < -0.39 is 16.4 Å². The van der Waals surface area contributed by atoms with E-state index in [4.69, 9.17) is 27.6 Å². The SMILES string of the molecule is CNCCCCC(C)COP(OC)OCCOCCOCCOP(=O)(OC)OC. The highest BCUT2D eigenvalue weighted by Crippen LogP contribution is 2.47. The maximum Gasteiger partial charge on any atom is 0.474 e. The summed E-state index contributed by atoms with van der Waals surface area (Å²) >= 11 is 0. The topological polar surface area (TPSA) is 103 Å². The van der Waals surface area contributed by atoms with Crippen LogP contribution in [0.2, 0.25) is 0 Å². The van der Waals surface area contributed by atoms with Crippen molar-refractivity contribution in [3.8, 4) is 0 Å². The van der Waals surface area contributed by atoms with Gasteiger partial charge < -0.3 is 28.4 Å². The summed E-state index contributed by atoms with van der Waals surface area (Å²) in [5, 5.41) is 3.15. The van der Waals surface area contributed by atoms with Gasteiger partial charge in [-0.2, -0.15) is 0 Å². The van der Waals surface area contributed by atoms with Crippen LogP contribution in [-0.2, 0) is 41.2 Å². The third kappa shape index (κ3) is 17.7. The zero-order valence-electron chi connectivity index (χ0n) is 18.4. The third-order valence-corrected chi connectivity index (χ3v) is 6.15. The summed E-state index contributed by atoms with van der Waals surface area (Å²) in [5.74, 6) is 0.467. The Balaban J connectivity index is 3.54. The lowest BCUT2D eigenvalue weighted by Crippen LogP contribution is -2.12. The molecule has 0 aromatic heterocycles. The van der Waals surface area contributed by atoms with Gasteiger partial charge in [-0.3, -0.25) is 13.6 Å². The number of unbranched alkanes of at least 4 members (excludes halogenated alkanes) is 1. The fraction of sp³-hybridized carbons (Fsp3) is 1.00. The summed E-state index contributed by atoms with van der Waals surface area (Å²) in [6.45, 7) is 5.77. The van der Waals surface area contributed by atoms with Gasteiger partial charge in [0.15, 0.2) is 0 Å². The molecule has 0 aromatic carbocycles. The molecule has 0 saturated heterocycles. The molecule has 2 unspecified atom stereocenters. The fourth-order valence-corrected chi connectivity index (χ4v) is 3.63. The van der Waals surface area contributed by atoms with Crippen molar-refractivity contribution in [1.29, 1.82) is 0 Å². The standard InChI is InChI=1S/C17H39NO9P2/c1-17(8-6-7-9-18-2)16-26-28(20-3)25-14-12-23-10-11-24-13-15-27-29(19,21-4)22-5/h17-18H,6-16H2,1-5H3. The first-order chi connectivity index (χ1) is 14.0. The number of nitrogens with one attached hydrogen (secondary N) is 1. The van der Waals surface area contributed by atoms with E-state index in [0.29, 0.717) is 39.0 Å². The van der Waals surface area contributed by atoms with Crippen molar-refractivity contribution < 1.29 is 41.2 Å². The highest BCUT2D eigenvalue weighted by molar-refractivity contribution is 7.48. The van der Waals surface area contributed by atoms with E-state index in [1.165, 1.54) is 27.1 Å². The van der Waals surface area contributed by atoms with Crippen LogP contribution < -0.4 is 5.32 Å². The van der Waals surface area contributed by atoms with Crippen molar-refractivity contribution in [3.63, 3.8) is 0 Å². The predicted molar refractivity (Wildman–Crippen MR) is 112 cm³/mol. The molecule has 0 rings (SSSR count). The highest BCUT2D eigenvalue weighted by atomic mass is 31.2. The second-order valence-electron chi connectivity index (χ2n) is 6.11. The molecule has 0 aliphatic rings. The Bertz CT molecular complexity index is 399. The van der Waals surface area contributed by atoms with Crippen molar-refractivity contribution in [1.82, 2.24) is 5.32 Å². The van der Waals surface area contributed by atoms with Gasteiger partial charge in [-0.15, -0.1) is 0 Å². The van der Waals surface area contributed by atoms with Crippen LogP contribution in [0.25, 0.3) is 0 Å². The number of ether oxygens (including phenoxy) is 2. The monoisotopic (exact) mass is 463 g/mol. The molecule has 0 fully saturated rings. The van der Waals surface area contributed by atoms with Gasteiger partial charge in [0.1, 0.15) is 0 Å². The first kappa shape index (κ1) is 29.3. The summed E-state index contributed by atoms with van der Waals surface area (Å²) in [6.07, 6.45) is 3.47. The van der Waals surface area contributed by atoms with Crippen molar-refractivity contribution in [2.24, 2.45) is 5.92 Å². The number of hydrogen-bond acceptors (Lipinski definition) is 10. The van der Waals surface area contributed by atoms with Crippen LogP contribution in [-0.4, -0.2) is 81.2 Å². The largest absolute Gasteiger partial charge is 0.474 e. The second kappa shape index (κ2) is 20.2. The average Bonchev–Trinajstić information content (AvgIpc) is 2.74. The molecule has 1 N–H and O–H groups in total. The number of rotatable bonds is 22. The maximum atomic E-state index is 11.6. The van der Waals surface area contributed by atoms with E-state index >= 15 is 0 Å². The molecule has 0 aliphatic carbocycles. The van der Waals surface area contributed by atoms with E-state index in [1.807, 2.05) is 7.05 Å². The molecule has 0 saturated carbocycles. The van der Waals surface area contributed by atoms with Gasteiger partial charge in [-0.25, -0.2) is 4.57 Å². The molecular formula is C17H39NO9P2. The van der Waals surface area contributed by atoms with E-state index in [1.54, 1.807) is 7.11 Å². The second-order valence-corrected chi connectivity index (χ2v) is 9.32. The van der Waals surface area contributed by atoms with Crippen LogP contribution in [0.1, 0.15) is 26.2 Å². The van der Waals surface area contributed by atoms with Gasteiger partial charge in [-0.1, -0.05) is 13.3 Å². The Morgan fingerprint density at radius 3 is 2.10 bits per heavy atom. The smallest absolute Gasteiger partial charge is 0.377 e. The molecule has 2 atom stereocenters. The molecule has 0 spiro atoms. The number of hydrogen-bond donors (Lipinski definition) is 1. The minimum atomic E-state index is -3.44. The Labute approximate surface area is 176 Å². The van der Waals surface area contributed by atoms with Crippen LogP contribution in [0.5, 0.6) is 0 Å². The summed E-state index contributed by atoms with van der Waals surface area (Å²) in [4.78, 5) is 0. The highest BCUT2D eigenvalue weighted by Gasteiger charge is 2.21. The van der Waals surface area contributed by atoms with Crippen LogP contribution in [0.3, 0.4) is 0 Å². The van der Waals surface area contributed by atoms with Crippen molar-refractivity contribution >= 4 is 16.4 Å². The predicted octanol–water partition coefficient (Wildman–Crippen LogP) is 3.37. The molecule has 0 bridgehead atoms. The van der Waals surface area contributed by atoms with Gasteiger partial charge in [0.05, 0.1) is 46.2 Å². The van der Waals surface area contributed by atoms with E-state index in [9.17, 15) is 4.57 Å². The van der Waals surface area contributed by atoms with Crippen molar-refractivity contribution in [2.75, 3.05) is 81.2 Å². The number of phosphoric ester groups is 1. The maximum absolute atomic E-state index is 11.6. The number of phosphoric acid groups is 1. The van der Waals surface area contributed by atoms with E-state index in [0.717, 1.165) is 13.0 Å². The van der Waals surface area contributed by atoms with Gasteiger partial charge in [-0.05, 0) is 32.4 Å². The fourth-order valence-electron chi connectivity index (χ4n) is 2.09. The minimum Gasteiger partial charge on any atom is -0.377 e. The molecule has 0 radical (unpaired) electrons. The van der Waals surface area contributed by atoms with Crippen LogP contribution >= 0.6 is 16.4 Å². The molecule has 0 amide bonds. The Kier molecular flexibility index (Phi) is 20.4. The quantitative estimate of drug-likeness (QED) is 0.190. The van der Waals surface area contributed by atoms with Gasteiger partial charge >= 0.3 is 16.4 Å². The first-order valence-corrected chi connectivity index (χ1v) is 12.3. The van der Waals surface area contributed by atoms with Crippen LogP contribution in [0, 0.1) is 5.92 Å². The lowest BCUT2D eigenvalue weighted by Gasteiger charge is -2.17. The Morgan fingerprint density at radius 2 is 1.52 bits per heavy atom.